The Balaban J connectivity index is 1.33. The lowest BCUT2D eigenvalue weighted by Crippen LogP contribution is -2.11. The van der Waals surface area contributed by atoms with Gasteiger partial charge in [0.05, 0.1) is 16.4 Å². The van der Waals surface area contributed by atoms with Crippen LogP contribution in [0.15, 0.2) is 109 Å². The number of benzene rings is 4. The molecule has 1 N–H and O–H groups in total. The van der Waals surface area contributed by atoms with Crippen LogP contribution in [0.4, 0.5) is 14.5 Å². The normalized spacial score (nSPS) is 10.9. The van der Waals surface area contributed by atoms with Crippen molar-refractivity contribution in [3.8, 4) is 28.4 Å². The molecule has 0 fully saturated rings. The molecule has 1 amide bonds. The largest absolute Gasteiger partial charge is 0.457 e. The summed E-state index contributed by atoms with van der Waals surface area (Å²) in [5, 5.41) is 7.28. The Morgan fingerprint density at radius 2 is 1.49 bits per heavy atom. The molecule has 0 saturated heterocycles. The third kappa shape index (κ3) is 5.52. The van der Waals surface area contributed by atoms with E-state index in [-0.39, 0.29) is 11.6 Å². The molecule has 0 radical (unpaired) electrons. The predicted molar refractivity (Wildman–Crippen MR) is 140 cm³/mol. The number of halogens is 3. The van der Waals surface area contributed by atoms with Crippen LogP contribution in [0.2, 0.25) is 5.02 Å². The van der Waals surface area contributed by atoms with Crippen LogP contribution in [0.1, 0.15) is 22.5 Å². The molecule has 0 unspecified atom stereocenters. The highest BCUT2D eigenvalue weighted by molar-refractivity contribution is 6.32. The first-order chi connectivity index (χ1) is 18.0. The molecule has 5 aromatic rings. The maximum absolute atomic E-state index is 13.4. The minimum absolute atomic E-state index is 0.309. The van der Waals surface area contributed by atoms with Gasteiger partial charge < -0.3 is 10.1 Å². The highest BCUT2D eigenvalue weighted by Gasteiger charge is 2.19. The van der Waals surface area contributed by atoms with Gasteiger partial charge in [-0.15, -0.1) is 0 Å². The molecule has 0 aliphatic carbocycles. The molecule has 0 saturated carbocycles. The monoisotopic (exact) mass is 515 g/mol. The van der Waals surface area contributed by atoms with Gasteiger partial charge in [0.15, 0.2) is 0 Å². The Morgan fingerprint density at radius 1 is 0.838 bits per heavy atom. The number of rotatable bonds is 7. The van der Waals surface area contributed by atoms with Gasteiger partial charge >= 0.3 is 0 Å². The van der Waals surface area contributed by atoms with Crippen LogP contribution >= 0.6 is 11.6 Å². The third-order valence-electron chi connectivity index (χ3n) is 5.57. The van der Waals surface area contributed by atoms with Gasteiger partial charge in [-0.3, -0.25) is 4.79 Å². The van der Waals surface area contributed by atoms with Crippen molar-refractivity contribution in [2.24, 2.45) is 0 Å². The summed E-state index contributed by atoms with van der Waals surface area (Å²) >= 11 is 6.29. The maximum Gasteiger partial charge on any atom is 0.282 e. The minimum atomic E-state index is -2.74. The summed E-state index contributed by atoms with van der Waals surface area (Å²) < 4.78 is 34.0. The van der Waals surface area contributed by atoms with Crippen LogP contribution in [0.5, 0.6) is 11.5 Å². The number of ether oxygens (including phenoxy) is 1. The third-order valence-corrected chi connectivity index (χ3v) is 5.89. The Hall–Kier alpha value is -4.49. The number of hydrogen-bond donors (Lipinski definition) is 1. The molecule has 5 rings (SSSR count). The molecule has 4 aromatic carbocycles. The van der Waals surface area contributed by atoms with Gasteiger partial charge in [-0.05, 0) is 66.7 Å². The van der Waals surface area contributed by atoms with Crippen molar-refractivity contribution in [3.63, 3.8) is 0 Å². The van der Waals surface area contributed by atoms with E-state index in [1.807, 2.05) is 30.3 Å². The Bertz CT molecular complexity index is 1520. The second kappa shape index (κ2) is 10.6. The first-order valence-electron chi connectivity index (χ1n) is 11.4. The minimum Gasteiger partial charge on any atom is -0.457 e. The van der Waals surface area contributed by atoms with Crippen LogP contribution < -0.4 is 10.1 Å². The van der Waals surface area contributed by atoms with Crippen molar-refractivity contribution < 1.29 is 18.3 Å². The lowest BCUT2D eigenvalue weighted by Gasteiger charge is -2.10. The summed E-state index contributed by atoms with van der Waals surface area (Å²) in [6.07, 6.45) is -2.74. The van der Waals surface area contributed by atoms with Gasteiger partial charge in [0.1, 0.15) is 17.2 Å². The van der Waals surface area contributed by atoms with Crippen molar-refractivity contribution in [2.75, 3.05) is 5.32 Å². The van der Waals surface area contributed by atoms with Crippen molar-refractivity contribution in [1.82, 2.24) is 9.78 Å². The summed E-state index contributed by atoms with van der Waals surface area (Å²) in [6, 6.07) is 31.2. The molecule has 0 aliphatic rings. The van der Waals surface area contributed by atoms with Crippen LogP contribution in [0.3, 0.4) is 0 Å². The molecule has 184 valence electrons. The Kier molecular flexibility index (Phi) is 6.96. The van der Waals surface area contributed by atoms with Gasteiger partial charge in [0, 0.05) is 16.8 Å². The van der Waals surface area contributed by atoms with E-state index in [4.69, 9.17) is 16.3 Å². The summed E-state index contributed by atoms with van der Waals surface area (Å²) in [5.41, 5.74) is 2.17. The number of alkyl halides is 2. The number of para-hydroxylation sites is 2. The fraction of sp³-hybridized carbons (Fsp3) is 0.0345. The number of carbonyl (C=O) groups is 1. The lowest BCUT2D eigenvalue weighted by atomic mass is 10.1. The molecule has 1 aromatic heterocycles. The zero-order valence-corrected chi connectivity index (χ0v) is 20.1. The molecule has 8 heteroatoms. The van der Waals surface area contributed by atoms with Gasteiger partial charge in [0.2, 0.25) is 0 Å². The van der Waals surface area contributed by atoms with E-state index in [2.05, 4.69) is 10.4 Å². The fourth-order valence-electron chi connectivity index (χ4n) is 3.75. The molecular formula is C29H20ClF2N3O2. The van der Waals surface area contributed by atoms with Gasteiger partial charge in [-0.25, -0.2) is 13.5 Å². The highest BCUT2D eigenvalue weighted by atomic mass is 35.5. The van der Waals surface area contributed by atoms with Crippen molar-refractivity contribution in [3.05, 3.63) is 125 Å². The number of aromatic nitrogens is 2. The lowest BCUT2D eigenvalue weighted by molar-refractivity contribution is 0.102. The quantitative estimate of drug-likeness (QED) is 0.238. The average Bonchev–Trinajstić information content (AvgIpc) is 3.36. The molecule has 1 heterocycles. The van der Waals surface area contributed by atoms with Gasteiger partial charge in [-0.1, -0.05) is 54.1 Å². The topological polar surface area (TPSA) is 56.1 Å². The summed E-state index contributed by atoms with van der Waals surface area (Å²) in [4.78, 5) is 12.8. The van der Waals surface area contributed by atoms with Crippen LogP contribution in [-0.4, -0.2) is 15.7 Å². The molecule has 5 nitrogen and oxygen atoms in total. The van der Waals surface area contributed by atoms with Crippen LogP contribution in [0, 0.1) is 0 Å². The number of carbonyl (C=O) groups excluding carboxylic acids is 1. The van der Waals surface area contributed by atoms with Crippen LogP contribution in [-0.2, 0) is 0 Å². The number of anilines is 1. The van der Waals surface area contributed by atoms with Crippen LogP contribution in [0.25, 0.3) is 16.9 Å². The van der Waals surface area contributed by atoms with E-state index in [0.29, 0.717) is 39.0 Å². The Morgan fingerprint density at radius 3 is 2.16 bits per heavy atom. The average molecular weight is 516 g/mol. The number of nitrogens with one attached hydrogen (secondary N) is 1. The smallest absolute Gasteiger partial charge is 0.282 e. The van der Waals surface area contributed by atoms with E-state index in [1.165, 1.54) is 10.7 Å². The van der Waals surface area contributed by atoms with E-state index in [1.54, 1.807) is 72.8 Å². The number of nitrogens with zero attached hydrogens (tertiary/aromatic N) is 2. The first kappa shape index (κ1) is 24.2. The van der Waals surface area contributed by atoms with Crippen molar-refractivity contribution >= 4 is 23.2 Å². The second-order valence-corrected chi connectivity index (χ2v) is 8.50. The SMILES string of the molecule is O=C(Nc1ccc(Oc2ccccc2)cc1)c1ccc(-c2cc(C(F)F)nn2-c2ccccc2Cl)cc1. The summed E-state index contributed by atoms with van der Waals surface area (Å²) in [6.45, 7) is 0. The van der Waals surface area contributed by atoms with E-state index in [9.17, 15) is 13.6 Å². The Labute approximate surface area is 216 Å². The van der Waals surface area contributed by atoms with Crippen molar-refractivity contribution in [2.45, 2.75) is 6.43 Å². The highest BCUT2D eigenvalue weighted by Crippen LogP contribution is 2.31. The predicted octanol–water partition coefficient (Wildman–Crippen LogP) is 8.17. The van der Waals surface area contributed by atoms with E-state index >= 15 is 0 Å². The first-order valence-corrected chi connectivity index (χ1v) is 11.7. The maximum atomic E-state index is 13.4. The fourth-order valence-corrected chi connectivity index (χ4v) is 3.96. The molecular weight excluding hydrogens is 496 g/mol. The zero-order chi connectivity index (χ0) is 25.8. The van der Waals surface area contributed by atoms with Gasteiger partial charge in [-0.2, -0.15) is 5.10 Å². The van der Waals surface area contributed by atoms with E-state index < -0.39 is 6.43 Å². The molecule has 0 aliphatic heterocycles. The summed E-state index contributed by atoms with van der Waals surface area (Å²) in [7, 11) is 0. The van der Waals surface area contributed by atoms with Gasteiger partial charge in [0.25, 0.3) is 12.3 Å². The molecule has 0 spiro atoms. The molecule has 0 bridgehead atoms. The number of amides is 1. The molecule has 0 atom stereocenters. The van der Waals surface area contributed by atoms with E-state index in [0.717, 1.165) is 5.75 Å². The standard InChI is InChI=1S/C29H20ClF2N3O2/c30-24-8-4-5-9-26(24)35-27(18-25(34-35)28(31)32)19-10-12-20(13-11-19)29(36)33-21-14-16-23(17-15-21)37-22-6-2-1-3-7-22/h1-18,28H,(H,33,36). The molecule has 37 heavy (non-hydrogen) atoms. The second-order valence-electron chi connectivity index (χ2n) is 8.09. The summed E-state index contributed by atoms with van der Waals surface area (Å²) in [5.74, 6) is 1.05. The number of hydrogen-bond acceptors (Lipinski definition) is 3. The van der Waals surface area contributed by atoms with Crippen molar-refractivity contribution in [1.29, 1.82) is 0 Å². The zero-order valence-electron chi connectivity index (χ0n) is 19.3.